The van der Waals surface area contributed by atoms with Gasteiger partial charge in [-0.3, -0.25) is 0 Å². The van der Waals surface area contributed by atoms with Crippen LogP contribution < -0.4 is 5.32 Å². The molecular formula is C18H19FN2O4S. The number of carbonyl (C=O) groups is 1. The van der Waals surface area contributed by atoms with E-state index in [0.717, 1.165) is 17.8 Å². The van der Waals surface area contributed by atoms with Crippen molar-refractivity contribution in [3.8, 4) is 0 Å². The highest BCUT2D eigenvalue weighted by Crippen LogP contribution is 2.26. The summed E-state index contributed by atoms with van der Waals surface area (Å²) in [7, 11) is -2.87. The summed E-state index contributed by atoms with van der Waals surface area (Å²) < 4.78 is 45.6. The average Bonchev–Trinajstić information content (AvgIpc) is 3.11. The molecular weight excluding hydrogens is 359 g/mol. The Morgan fingerprint density at radius 1 is 1.23 bits per heavy atom. The van der Waals surface area contributed by atoms with E-state index < -0.39 is 26.7 Å². The first-order chi connectivity index (χ1) is 12.4. The first-order valence-electron chi connectivity index (χ1n) is 8.11. The highest BCUT2D eigenvalue weighted by atomic mass is 32.2. The molecule has 0 aliphatic carbocycles. The molecule has 0 saturated carbocycles. The molecule has 0 spiro atoms. The predicted octanol–water partition coefficient (Wildman–Crippen LogP) is 2.49. The fraction of sp³-hybridized carbons (Fsp3) is 0.278. The van der Waals surface area contributed by atoms with E-state index in [9.17, 15) is 17.6 Å². The molecule has 8 heteroatoms. The Labute approximate surface area is 151 Å². The standard InChI is InChI=1S/C18H19FN2O4S/c1-25-18(22)13-7-8-16(19)17(11-13)26(23,24)21-10-9-15(12-21)20-14-5-3-2-4-6-14/h2-8,11,15,20H,9-10,12H2,1H3. The van der Waals surface area contributed by atoms with Crippen molar-refractivity contribution in [1.29, 1.82) is 0 Å². The van der Waals surface area contributed by atoms with Gasteiger partial charge in [-0.2, -0.15) is 4.31 Å². The molecule has 1 heterocycles. The van der Waals surface area contributed by atoms with Gasteiger partial charge in [0, 0.05) is 24.8 Å². The molecule has 0 aromatic heterocycles. The Kier molecular flexibility index (Phi) is 5.24. The minimum absolute atomic E-state index is 0.00867. The lowest BCUT2D eigenvalue weighted by Crippen LogP contribution is -2.32. The lowest BCUT2D eigenvalue weighted by Gasteiger charge is -2.18. The van der Waals surface area contributed by atoms with Crippen molar-refractivity contribution < 1.29 is 22.3 Å². The third-order valence-corrected chi connectivity index (χ3v) is 6.15. The maximum absolute atomic E-state index is 14.2. The summed E-state index contributed by atoms with van der Waals surface area (Å²) in [5.74, 6) is -1.61. The van der Waals surface area contributed by atoms with Crippen molar-refractivity contribution in [1.82, 2.24) is 4.31 Å². The van der Waals surface area contributed by atoms with E-state index in [2.05, 4.69) is 10.1 Å². The predicted molar refractivity (Wildman–Crippen MR) is 95.0 cm³/mol. The second-order valence-corrected chi connectivity index (χ2v) is 7.90. The van der Waals surface area contributed by atoms with Crippen molar-refractivity contribution in [2.24, 2.45) is 0 Å². The zero-order valence-corrected chi connectivity index (χ0v) is 15.0. The second-order valence-electron chi connectivity index (χ2n) is 6.00. The zero-order valence-electron chi connectivity index (χ0n) is 14.2. The van der Waals surface area contributed by atoms with Crippen LogP contribution >= 0.6 is 0 Å². The highest BCUT2D eigenvalue weighted by molar-refractivity contribution is 7.89. The maximum Gasteiger partial charge on any atom is 0.337 e. The van der Waals surface area contributed by atoms with Gasteiger partial charge in [-0.15, -0.1) is 0 Å². The lowest BCUT2D eigenvalue weighted by atomic mass is 10.2. The van der Waals surface area contributed by atoms with Crippen molar-refractivity contribution in [2.45, 2.75) is 17.4 Å². The lowest BCUT2D eigenvalue weighted by molar-refractivity contribution is 0.0600. The molecule has 2 aromatic carbocycles. The largest absolute Gasteiger partial charge is 0.465 e. The number of ether oxygens (including phenoxy) is 1. The molecule has 2 aromatic rings. The molecule has 3 rings (SSSR count). The third kappa shape index (κ3) is 3.71. The fourth-order valence-electron chi connectivity index (χ4n) is 2.92. The molecule has 1 saturated heterocycles. The summed E-state index contributed by atoms with van der Waals surface area (Å²) in [5, 5.41) is 3.27. The summed E-state index contributed by atoms with van der Waals surface area (Å²) in [6.07, 6.45) is 0.604. The monoisotopic (exact) mass is 378 g/mol. The zero-order chi connectivity index (χ0) is 18.7. The molecule has 0 radical (unpaired) electrons. The van der Waals surface area contributed by atoms with Crippen molar-refractivity contribution in [3.05, 3.63) is 59.9 Å². The van der Waals surface area contributed by atoms with E-state index in [-0.39, 0.29) is 24.7 Å². The Bertz CT molecular complexity index is 903. The molecule has 1 aliphatic rings. The van der Waals surface area contributed by atoms with Crippen LogP contribution in [0.5, 0.6) is 0 Å². The highest BCUT2D eigenvalue weighted by Gasteiger charge is 2.34. The van der Waals surface area contributed by atoms with E-state index in [1.54, 1.807) is 0 Å². The summed E-state index contributed by atoms with van der Waals surface area (Å²) in [6, 6.07) is 12.6. The van der Waals surface area contributed by atoms with E-state index in [4.69, 9.17) is 0 Å². The Hall–Kier alpha value is -2.45. The van der Waals surface area contributed by atoms with Gasteiger partial charge in [0.1, 0.15) is 10.7 Å². The molecule has 6 nitrogen and oxygen atoms in total. The van der Waals surface area contributed by atoms with Crippen LogP contribution in [-0.2, 0) is 14.8 Å². The molecule has 0 amide bonds. The van der Waals surface area contributed by atoms with Crippen LogP contribution in [0.15, 0.2) is 53.4 Å². The molecule has 1 unspecified atom stereocenters. The minimum Gasteiger partial charge on any atom is -0.465 e. The van der Waals surface area contributed by atoms with Crippen LogP contribution in [0.3, 0.4) is 0 Å². The van der Waals surface area contributed by atoms with E-state index in [1.807, 2.05) is 30.3 Å². The third-order valence-electron chi connectivity index (χ3n) is 4.27. The molecule has 26 heavy (non-hydrogen) atoms. The molecule has 1 N–H and O–H groups in total. The summed E-state index contributed by atoms with van der Waals surface area (Å²) in [4.78, 5) is 11.1. The topological polar surface area (TPSA) is 75.7 Å². The molecule has 138 valence electrons. The number of carbonyl (C=O) groups excluding carboxylic acids is 1. The van der Waals surface area contributed by atoms with Crippen molar-refractivity contribution in [3.63, 3.8) is 0 Å². The van der Waals surface area contributed by atoms with Crippen LogP contribution in [0.1, 0.15) is 16.8 Å². The van der Waals surface area contributed by atoms with Gasteiger partial charge in [0.05, 0.1) is 12.7 Å². The number of benzene rings is 2. The van der Waals surface area contributed by atoms with Gasteiger partial charge in [-0.05, 0) is 36.8 Å². The quantitative estimate of drug-likeness (QED) is 0.809. The molecule has 1 fully saturated rings. The van der Waals surface area contributed by atoms with Crippen molar-refractivity contribution >= 4 is 21.7 Å². The van der Waals surface area contributed by atoms with Gasteiger partial charge in [-0.1, -0.05) is 18.2 Å². The number of para-hydroxylation sites is 1. The van der Waals surface area contributed by atoms with Crippen LogP contribution in [0, 0.1) is 5.82 Å². The first kappa shape index (κ1) is 18.3. The van der Waals surface area contributed by atoms with E-state index in [1.165, 1.54) is 17.5 Å². The van der Waals surface area contributed by atoms with Crippen molar-refractivity contribution in [2.75, 3.05) is 25.5 Å². The number of sulfonamides is 1. The normalized spacial score (nSPS) is 17.8. The molecule has 1 atom stereocenters. The number of halogens is 1. The van der Waals surface area contributed by atoms with Crippen LogP contribution in [-0.4, -0.2) is 44.9 Å². The van der Waals surface area contributed by atoms with Gasteiger partial charge >= 0.3 is 5.97 Å². The van der Waals surface area contributed by atoms with Crippen LogP contribution in [0.2, 0.25) is 0 Å². The van der Waals surface area contributed by atoms with Crippen LogP contribution in [0.25, 0.3) is 0 Å². The van der Waals surface area contributed by atoms with Crippen LogP contribution in [0.4, 0.5) is 10.1 Å². The first-order valence-corrected chi connectivity index (χ1v) is 9.55. The summed E-state index contributed by atoms with van der Waals surface area (Å²) in [5.41, 5.74) is 0.890. The van der Waals surface area contributed by atoms with Gasteiger partial charge < -0.3 is 10.1 Å². The second kappa shape index (κ2) is 7.43. The van der Waals surface area contributed by atoms with Gasteiger partial charge in [-0.25, -0.2) is 17.6 Å². The number of nitrogens with zero attached hydrogens (tertiary/aromatic N) is 1. The Morgan fingerprint density at radius 2 is 1.96 bits per heavy atom. The van der Waals surface area contributed by atoms with Gasteiger partial charge in [0.2, 0.25) is 10.0 Å². The summed E-state index contributed by atoms with van der Waals surface area (Å²) in [6.45, 7) is 0.494. The number of hydrogen-bond donors (Lipinski definition) is 1. The number of esters is 1. The molecule has 1 aliphatic heterocycles. The Balaban J connectivity index is 1.80. The van der Waals surface area contributed by atoms with E-state index in [0.29, 0.717) is 6.42 Å². The number of rotatable bonds is 5. The number of methoxy groups -OCH3 is 1. The minimum atomic E-state index is -4.05. The van der Waals surface area contributed by atoms with Gasteiger partial charge in [0.15, 0.2) is 0 Å². The number of anilines is 1. The average molecular weight is 378 g/mol. The van der Waals surface area contributed by atoms with E-state index >= 15 is 0 Å². The smallest absolute Gasteiger partial charge is 0.337 e. The summed E-state index contributed by atoms with van der Waals surface area (Å²) >= 11 is 0. The maximum atomic E-state index is 14.2. The molecule has 0 bridgehead atoms. The fourth-order valence-corrected chi connectivity index (χ4v) is 4.51. The number of hydrogen-bond acceptors (Lipinski definition) is 5. The SMILES string of the molecule is COC(=O)c1ccc(F)c(S(=O)(=O)N2CCC(Nc3ccccc3)C2)c1. The van der Waals surface area contributed by atoms with Gasteiger partial charge in [0.25, 0.3) is 0 Å². The number of nitrogens with one attached hydrogen (secondary N) is 1. The Morgan fingerprint density at radius 3 is 2.65 bits per heavy atom.